The van der Waals surface area contributed by atoms with E-state index in [0.29, 0.717) is 12.8 Å². The summed E-state index contributed by atoms with van der Waals surface area (Å²) in [7, 11) is 0. The molecule has 2 N–H and O–H groups in total. The number of hydrogen-bond acceptors (Lipinski definition) is 4. The Bertz CT molecular complexity index is 1320. The number of para-hydroxylation sites is 2. The molecule has 0 radical (unpaired) electrons. The summed E-state index contributed by atoms with van der Waals surface area (Å²) in [4.78, 5) is 33.0. The molecule has 0 aromatic heterocycles. The number of nitrogens with one attached hydrogen (secondary N) is 2. The van der Waals surface area contributed by atoms with Crippen LogP contribution in [0.15, 0.2) is 73.8 Å². The van der Waals surface area contributed by atoms with Gasteiger partial charge < -0.3 is 20.4 Å². The third-order valence-electron chi connectivity index (χ3n) is 11.0. The lowest BCUT2D eigenvalue weighted by atomic mass is 9.60. The van der Waals surface area contributed by atoms with E-state index < -0.39 is 22.9 Å². The molecule has 3 saturated heterocycles. The molecule has 0 saturated carbocycles. The minimum Gasteiger partial charge on any atom is -0.364 e. The number of nitrogens with zero attached hydrogens (tertiary/aromatic N) is 2. The standard InChI is InChI=1S/C32H36N4O2/c1-7-29(3,4)31-17-23-25(37)36-24(26(38)35(23)27(31)33-21-15-11-9-13-19(21)31)18-32(30(5,6)8-2)20-14-10-12-16-22(20)34-28(32)36/h7-16,23-24,27-28,33-34H,1-2,17-18H2,3-6H3/t23?,24?,27-,28-,31?,32?/m0/s1. The zero-order valence-corrected chi connectivity index (χ0v) is 22.6. The SMILES string of the molecule is C=CC(C)(C)C12CC3C(=O)N4C(CC5(C(C)(C)C=C)c6ccccc6N[C@@H]45)C(=O)N3[C@@H]1Nc1ccccc12. The molecule has 6 atom stereocenters. The van der Waals surface area contributed by atoms with Crippen molar-refractivity contribution in [3.8, 4) is 0 Å². The minimum atomic E-state index is -0.531. The fraction of sp³-hybridized carbons (Fsp3) is 0.438. The summed E-state index contributed by atoms with van der Waals surface area (Å²) in [5.41, 5.74) is 2.80. The van der Waals surface area contributed by atoms with E-state index >= 15 is 0 Å². The lowest BCUT2D eigenvalue weighted by molar-refractivity contribution is -0.160. The van der Waals surface area contributed by atoms with Crippen LogP contribution in [0.1, 0.15) is 51.7 Å². The molecule has 2 aromatic rings. The minimum absolute atomic E-state index is 0.0366. The molecule has 2 amide bonds. The number of rotatable bonds is 4. The van der Waals surface area contributed by atoms with Crippen LogP contribution < -0.4 is 10.6 Å². The maximum Gasteiger partial charge on any atom is 0.247 e. The van der Waals surface area contributed by atoms with E-state index in [1.807, 2.05) is 46.2 Å². The van der Waals surface area contributed by atoms with E-state index in [0.717, 1.165) is 11.4 Å². The Hall–Kier alpha value is -3.54. The second-order valence-corrected chi connectivity index (χ2v) is 12.9. The molecule has 0 aliphatic carbocycles. The van der Waals surface area contributed by atoms with E-state index in [1.165, 1.54) is 11.1 Å². The van der Waals surface area contributed by atoms with Crippen molar-refractivity contribution < 1.29 is 9.59 Å². The third-order valence-corrected chi connectivity index (χ3v) is 11.0. The average Bonchev–Trinajstić information content (AvgIpc) is 3.62. The molecule has 196 valence electrons. The quantitative estimate of drug-likeness (QED) is 0.570. The predicted molar refractivity (Wildman–Crippen MR) is 150 cm³/mol. The topological polar surface area (TPSA) is 64.7 Å². The van der Waals surface area contributed by atoms with Gasteiger partial charge in [-0.05, 0) is 46.9 Å². The molecule has 7 rings (SSSR count). The lowest BCUT2D eigenvalue weighted by Gasteiger charge is -2.45. The normalized spacial score (nSPS) is 34.4. The first kappa shape index (κ1) is 23.6. The van der Waals surface area contributed by atoms with Crippen LogP contribution in [0.25, 0.3) is 0 Å². The van der Waals surface area contributed by atoms with Gasteiger partial charge in [0.05, 0.1) is 0 Å². The van der Waals surface area contributed by atoms with E-state index in [1.54, 1.807) is 0 Å². The van der Waals surface area contributed by atoms with Crippen LogP contribution >= 0.6 is 0 Å². The van der Waals surface area contributed by atoms with Crippen molar-refractivity contribution in [3.63, 3.8) is 0 Å². The number of piperazine rings is 1. The Morgan fingerprint density at radius 2 is 1.11 bits per heavy atom. The summed E-state index contributed by atoms with van der Waals surface area (Å²) >= 11 is 0. The molecule has 6 heteroatoms. The van der Waals surface area contributed by atoms with Gasteiger partial charge in [0.1, 0.15) is 24.4 Å². The van der Waals surface area contributed by atoms with Gasteiger partial charge >= 0.3 is 0 Å². The van der Waals surface area contributed by atoms with Crippen molar-refractivity contribution >= 4 is 23.2 Å². The number of carbonyl (C=O) groups excluding carboxylic acids is 2. The zero-order chi connectivity index (χ0) is 26.8. The Morgan fingerprint density at radius 3 is 1.47 bits per heavy atom. The first-order valence-corrected chi connectivity index (χ1v) is 13.7. The molecule has 3 fully saturated rings. The van der Waals surface area contributed by atoms with Gasteiger partial charge in [0.15, 0.2) is 0 Å². The summed E-state index contributed by atoms with van der Waals surface area (Å²) in [5.74, 6) is 0.0733. The number of benzene rings is 2. The summed E-state index contributed by atoms with van der Waals surface area (Å²) in [6, 6.07) is 15.5. The number of hydrogen-bond donors (Lipinski definition) is 2. The average molecular weight is 509 g/mol. The third kappa shape index (κ3) is 2.37. The largest absolute Gasteiger partial charge is 0.364 e. The van der Waals surface area contributed by atoms with Gasteiger partial charge in [0.2, 0.25) is 11.8 Å². The van der Waals surface area contributed by atoms with Crippen molar-refractivity contribution in [1.29, 1.82) is 0 Å². The van der Waals surface area contributed by atoms with Crippen LogP contribution in [0.5, 0.6) is 0 Å². The first-order chi connectivity index (χ1) is 18.1. The molecule has 4 unspecified atom stereocenters. The van der Waals surface area contributed by atoms with Crippen molar-refractivity contribution in [2.24, 2.45) is 10.8 Å². The van der Waals surface area contributed by atoms with Crippen molar-refractivity contribution in [2.75, 3.05) is 10.6 Å². The van der Waals surface area contributed by atoms with Crippen LogP contribution in [-0.4, -0.2) is 46.0 Å². The molecule has 6 nitrogen and oxygen atoms in total. The predicted octanol–water partition coefficient (Wildman–Crippen LogP) is 5.01. The highest BCUT2D eigenvalue weighted by Gasteiger charge is 2.73. The number of fused-ring (bicyclic) bond motifs is 10. The molecule has 38 heavy (non-hydrogen) atoms. The Kier molecular flexibility index (Phi) is 4.40. The number of anilines is 2. The van der Waals surface area contributed by atoms with Crippen LogP contribution in [0, 0.1) is 10.8 Å². The Balaban J connectivity index is 1.38. The molecule has 5 aliphatic rings. The monoisotopic (exact) mass is 508 g/mol. The molecule has 0 spiro atoms. The summed E-state index contributed by atoms with van der Waals surface area (Å²) in [6.45, 7) is 17.1. The fourth-order valence-electron chi connectivity index (χ4n) is 8.66. The Morgan fingerprint density at radius 1 is 0.737 bits per heavy atom. The van der Waals surface area contributed by atoms with Gasteiger partial charge in [-0.25, -0.2) is 0 Å². The van der Waals surface area contributed by atoms with Gasteiger partial charge in [-0.3, -0.25) is 9.59 Å². The Labute approximate surface area is 224 Å². The maximum atomic E-state index is 14.6. The molecule has 5 heterocycles. The summed E-state index contributed by atoms with van der Waals surface area (Å²) in [6.07, 6.45) is 4.50. The van der Waals surface area contributed by atoms with Gasteiger partial charge in [-0.15, -0.1) is 13.2 Å². The molecular formula is C32H36N4O2. The van der Waals surface area contributed by atoms with Crippen molar-refractivity contribution in [3.05, 3.63) is 85.0 Å². The highest BCUT2D eigenvalue weighted by atomic mass is 16.2. The molecular weight excluding hydrogens is 472 g/mol. The van der Waals surface area contributed by atoms with Gasteiger partial charge in [0.25, 0.3) is 0 Å². The van der Waals surface area contributed by atoms with Gasteiger partial charge in [-0.2, -0.15) is 0 Å². The van der Waals surface area contributed by atoms with Gasteiger partial charge in [0, 0.05) is 22.2 Å². The van der Waals surface area contributed by atoms with E-state index in [2.05, 4.69) is 75.8 Å². The summed E-state index contributed by atoms with van der Waals surface area (Å²) in [5, 5.41) is 7.36. The summed E-state index contributed by atoms with van der Waals surface area (Å²) < 4.78 is 0. The van der Waals surface area contributed by atoms with E-state index in [4.69, 9.17) is 0 Å². The zero-order valence-electron chi connectivity index (χ0n) is 22.6. The van der Waals surface area contributed by atoms with Crippen molar-refractivity contribution in [2.45, 2.75) is 75.8 Å². The second kappa shape index (κ2) is 7.10. The van der Waals surface area contributed by atoms with Crippen LogP contribution in [0.4, 0.5) is 11.4 Å². The lowest BCUT2D eigenvalue weighted by Crippen LogP contribution is -2.66. The number of allylic oxidation sites excluding steroid dienone is 2. The number of carbonyl (C=O) groups is 2. The van der Waals surface area contributed by atoms with Crippen LogP contribution in [0.3, 0.4) is 0 Å². The smallest absolute Gasteiger partial charge is 0.247 e. The number of amides is 2. The highest BCUT2D eigenvalue weighted by molar-refractivity contribution is 6.00. The molecule has 5 aliphatic heterocycles. The maximum absolute atomic E-state index is 14.6. The van der Waals surface area contributed by atoms with Crippen molar-refractivity contribution in [1.82, 2.24) is 9.80 Å². The fourth-order valence-corrected chi connectivity index (χ4v) is 8.66. The van der Waals surface area contributed by atoms with Gasteiger partial charge in [-0.1, -0.05) is 76.2 Å². The van der Waals surface area contributed by atoms with Crippen LogP contribution in [-0.2, 0) is 20.4 Å². The molecule has 2 aromatic carbocycles. The van der Waals surface area contributed by atoms with E-state index in [-0.39, 0.29) is 35.0 Å². The van der Waals surface area contributed by atoms with Crippen LogP contribution in [0.2, 0.25) is 0 Å². The van der Waals surface area contributed by atoms with E-state index in [9.17, 15) is 9.59 Å². The second-order valence-electron chi connectivity index (χ2n) is 12.9. The highest BCUT2D eigenvalue weighted by Crippen LogP contribution is 2.64. The first-order valence-electron chi connectivity index (χ1n) is 13.7. The molecule has 0 bridgehead atoms.